The van der Waals surface area contributed by atoms with E-state index in [4.69, 9.17) is 9.47 Å². The molecular formula is C43H46N4O8S2. The van der Waals surface area contributed by atoms with Crippen molar-refractivity contribution in [2.24, 2.45) is 0 Å². The van der Waals surface area contributed by atoms with Crippen LogP contribution in [0.25, 0.3) is 0 Å². The molecule has 0 saturated heterocycles. The van der Waals surface area contributed by atoms with Gasteiger partial charge in [0.25, 0.3) is 21.8 Å². The lowest BCUT2D eigenvalue weighted by atomic mass is 9.95. The van der Waals surface area contributed by atoms with Crippen LogP contribution in [0.1, 0.15) is 97.7 Å². The summed E-state index contributed by atoms with van der Waals surface area (Å²) in [6, 6.07) is 23.9. The number of fused-ring (bicyclic) bond motifs is 1. The third kappa shape index (κ3) is 9.77. The smallest absolute Gasteiger partial charge is 0.337 e. The molecule has 14 heteroatoms. The second kappa shape index (κ2) is 18.7. The lowest BCUT2D eigenvalue weighted by Crippen LogP contribution is -2.32. The van der Waals surface area contributed by atoms with Crippen molar-refractivity contribution >= 4 is 55.5 Å². The number of carbonyl (C=O) groups is 3. The zero-order chi connectivity index (χ0) is 40.5. The Morgan fingerprint density at radius 3 is 2.23 bits per heavy atom. The van der Waals surface area contributed by atoms with Gasteiger partial charge >= 0.3 is 5.97 Å². The number of rotatable bonds is 16. The number of nitrogens with zero attached hydrogens (tertiary/aromatic N) is 2. The Balaban J connectivity index is 1.16. The van der Waals surface area contributed by atoms with Gasteiger partial charge in [0.1, 0.15) is 5.00 Å². The van der Waals surface area contributed by atoms with Crippen molar-refractivity contribution < 1.29 is 37.4 Å². The molecule has 1 atom stereocenters. The molecule has 5 aromatic rings. The van der Waals surface area contributed by atoms with E-state index >= 15 is 0 Å². The molecule has 0 saturated carbocycles. The van der Waals surface area contributed by atoms with E-state index in [0.717, 1.165) is 53.7 Å². The quantitative estimate of drug-likeness (QED) is 0.0669. The average molecular weight is 811 g/mol. The highest BCUT2D eigenvalue weighted by Crippen LogP contribution is 2.39. The van der Waals surface area contributed by atoms with Crippen LogP contribution in [0, 0.1) is 0 Å². The molecule has 2 amide bonds. The second-order valence-electron chi connectivity index (χ2n) is 13.6. The van der Waals surface area contributed by atoms with Gasteiger partial charge in [0.15, 0.2) is 6.29 Å². The molecule has 3 aromatic carbocycles. The number of nitrogens with one attached hydrogen (secondary N) is 2. The van der Waals surface area contributed by atoms with Crippen molar-refractivity contribution in [3.05, 3.63) is 135 Å². The monoisotopic (exact) mass is 810 g/mol. The molecule has 0 bridgehead atoms. The van der Waals surface area contributed by atoms with Crippen LogP contribution in [0.2, 0.25) is 0 Å². The number of aliphatic hydroxyl groups is 1. The van der Waals surface area contributed by atoms with Crippen LogP contribution in [-0.2, 0) is 45.2 Å². The third-order valence-corrected chi connectivity index (χ3v) is 12.7. The number of esters is 1. The number of aryl methyl sites for hydroxylation is 3. The van der Waals surface area contributed by atoms with Crippen molar-refractivity contribution in [2.45, 2.75) is 70.0 Å². The fraction of sp³-hybridized carbons (Fsp3) is 0.302. The summed E-state index contributed by atoms with van der Waals surface area (Å²) in [6.45, 7) is 4.04. The molecular weight excluding hydrogens is 765 g/mol. The van der Waals surface area contributed by atoms with Gasteiger partial charge in [-0.1, -0.05) is 37.3 Å². The standard InChI is InChI=1S/C43H46N4O8S2/c1-4-25-47(33-23-24-36(44-27-33)43(51)55-5-2)57(52,53)34-10-8-9-31(26-34)39(48)46-41-38(35-11-6-7-12-37(35)56-41)40(49)45-32-21-17-29(18-22-32)14-13-28-15-19-30(20-16-28)42(50)54-3/h8-10,15-24,26-27,43,51H,4-7,11-14,25H2,1-3H3,(H,45,49)(H,46,48). The molecule has 0 radical (unpaired) electrons. The molecule has 0 spiro atoms. The summed E-state index contributed by atoms with van der Waals surface area (Å²) in [5.41, 5.74) is 5.31. The molecule has 3 N–H and O–H groups in total. The number of hydrogen-bond donors (Lipinski definition) is 3. The molecule has 1 aliphatic rings. The maximum absolute atomic E-state index is 14.0. The highest BCUT2D eigenvalue weighted by atomic mass is 32.2. The van der Waals surface area contributed by atoms with Crippen LogP contribution in [0.15, 0.2) is 96.0 Å². The number of hydrogen-bond acceptors (Lipinski definition) is 10. The minimum atomic E-state index is -4.13. The van der Waals surface area contributed by atoms with E-state index in [-0.39, 0.29) is 41.2 Å². The van der Waals surface area contributed by atoms with E-state index in [2.05, 4.69) is 15.6 Å². The van der Waals surface area contributed by atoms with Gasteiger partial charge in [-0.3, -0.25) is 18.9 Å². The van der Waals surface area contributed by atoms with Crippen molar-refractivity contribution in [1.29, 1.82) is 0 Å². The van der Waals surface area contributed by atoms with Gasteiger partial charge in [-0.05, 0) is 123 Å². The normalized spacial score (nSPS) is 13.0. The maximum atomic E-state index is 14.0. The molecule has 298 valence electrons. The molecule has 1 unspecified atom stereocenters. The minimum absolute atomic E-state index is 0.0783. The van der Waals surface area contributed by atoms with E-state index in [0.29, 0.717) is 40.3 Å². The lowest BCUT2D eigenvalue weighted by molar-refractivity contribution is -0.101. The highest BCUT2D eigenvalue weighted by Gasteiger charge is 2.29. The minimum Gasteiger partial charge on any atom is -0.465 e. The lowest BCUT2D eigenvalue weighted by Gasteiger charge is -2.24. The Kier molecular flexibility index (Phi) is 13.5. The van der Waals surface area contributed by atoms with Crippen LogP contribution in [0.4, 0.5) is 16.4 Å². The summed E-state index contributed by atoms with van der Waals surface area (Å²) in [4.78, 5) is 44.7. The van der Waals surface area contributed by atoms with Crippen molar-refractivity contribution in [3.63, 3.8) is 0 Å². The number of thiophene rings is 1. The summed E-state index contributed by atoms with van der Waals surface area (Å²) in [6.07, 6.45) is 5.62. The summed E-state index contributed by atoms with van der Waals surface area (Å²) in [7, 11) is -2.77. The molecule has 6 rings (SSSR count). The first-order chi connectivity index (χ1) is 27.5. The number of ether oxygens (including phenoxy) is 2. The largest absolute Gasteiger partial charge is 0.465 e. The first-order valence-electron chi connectivity index (χ1n) is 18.9. The number of aliphatic hydroxyl groups excluding tert-OH is 1. The van der Waals surface area contributed by atoms with Crippen molar-refractivity contribution in [1.82, 2.24) is 4.98 Å². The predicted molar refractivity (Wildman–Crippen MR) is 221 cm³/mol. The van der Waals surface area contributed by atoms with Crippen LogP contribution >= 0.6 is 11.3 Å². The second-order valence-corrected chi connectivity index (χ2v) is 16.5. The van der Waals surface area contributed by atoms with Crippen LogP contribution in [0.5, 0.6) is 0 Å². The molecule has 0 aliphatic heterocycles. The predicted octanol–water partition coefficient (Wildman–Crippen LogP) is 7.73. The van der Waals surface area contributed by atoms with Crippen molar-refractivity contribution in [2.75, 3.05) is 35.2 Å². The van der Waals surface area contributed by atoms with E-state index < -0.39 is 22.2 Å². The van der Waals surface area contributed by atoms with E-state index in [9.17, 15) is 27.9 Å². The number of anilines is 3. The van der Waals surface area contributed by atoms with Gasteiger partial charge in [0.05, 0.1) is 40.7 Å². The van der Waals surface area contributed by atoms with E-state index in [1.165, 1.54) is 59.3 Å². The molecule has 0 fully saturated rings. The summed E-state index contributed by atoms with van der Waals surface area (Å²) in [5.74, 6) is -1.24. The van der Waals surface area contributed by atoms with Gasteiger partial charge in [-0.15, -0.1) is 11.3 Å². The Morgan fingerprint density at radius 2 is 1.58 bits per heavy atom. The Morgan fingerprint density at radius 1 is 0.877 bits per heavy atom. The van der Waals surface area contributed by atoms with E-state index in [1.54, 1.807) is 25.1 Å². The number of carbonyl (C=O) groups excluding carboxylic acids is 3. The van der Waals surface area contributed by atoms with Gasteiger partial charge < -0.3 is 25.2 Å². The zero-order valence-electron chi connectivity index (χ0n) is 32.1. The SMILES string of the molecule is CCCN(c1ccc(C(O)OCC)nc1)S(=O)(=O)c1cccc(C(=O)Nc2sc3c(c2C(=O)Nc2ccc(CCc4ccc(C(=O)OC)cc4)cc2)CCCC3)c1. The van der Waals surface area contributed by atoms with Crippen LogP contribution in [-0.4, -0.2) is 56.6 Å². The fourth-order valence-electron chi connectivity index (χ4n) is 6.68. The first-order valence-corrected chi connectivity index (χ1v) is 21.2. The van der Waals surface area contributed by atoms with Gasteiger partial charge in [-0.2, -0.15) is 0 Å². The molecule has 1 aliphatic carbocycles. The Bertz CT molecular complexity index is 2310. The third-order valence-electron chi connectivity index (χ3n) is 9.66. The number of benzene rings is 3. The number of sulfonamides is 1. The van der Waals surface area contributed by atoms with E-state index in [1.807, 2.05) is 43.3 Å². The van der Waals surface area contributed by atoms with Crippen LogP contribution < -0.4 is 14.9 Å². The number of methoxy groups -OCH3 is 1. The average Bonchev–Trinajstić information content (AvgIpc) is 3.60. The summed E-state index contributed by atoms with van der Waals surface area (Å²) in [5, 5.41) is 16.5. The first kappa shape index (κ1) is 41.2. The van der Waals surface area contributed by atoms with Gasteiger partial charge in [0, 0.05) is 29.3 Å². The molecule has 57 heavy (non-hydrogen) atoms. The Hall–Kier alpha value is -5.41. The Labute approximate surface area is 336 Å². The van der Waals surface area contributed by atoms with Gasteiger partial charge in [-0.25, -0.2) is 13.2 Å². The zero-order valence-corrected chi connectivity index (χ0v) is 33.8. The topological polar surface area (TPSA) is 164 Å². The molecule has 12 nitrogen and oxygen atoms in total. The van der Waals surface area contributed by atoms with Gasteiger partial charge in [0.2, 0.25) is 0 Å². The number of aromatic nitrogens is 1. The summed E-state index contributed by atoms with van der Waals surface area (Å²) < 4.78 is 39.2. The molecule has 2 aromatic heterocycles. The maximum Gasteiger partial charge on any atom is 0.337 e. The fourth-order valence-corrected chi connectivity index (χ4v) is 9.55. The highest BCUT2D eigenvalue weighted by molar-refractivity contribution is 7.92. The number of pyridine rings is 1. The summed E-state index contributed by atoms with van der Waals surface area (Å²) >= 11 is 1.38. The van der Waals surface area contributed by atoms with Crippen molar-refractivity contribution in [3.8, 4) is 0 Å². The molecule has 2 heterocycles. The number of amides is 2. The van der Waals surface area contributed by atoms with Crippen LogP contribution in [0.3, 0.4) is 0 Å².